The topological polar surface area (TPSA) is 23.5 Å². The number of benzene rings is 1. The van der Waals surface area contributed by atoms with E-state index in [1.807, 2.05) is 0 Å². The number of aliphatic hydroxyl groups excluding tert-OH is 1. The van der Waals surface area contributed by atoms with Gasteiger partial charge in [0.25, 0.3) is 0 Å². The summed E-state index contributed by atoms with van der Waals surface area (Å²) >= 11 is 0. The second-order valence-corrected chi connectivity index (χ2v) is 6.47. The van der Waals surface area contributed by atoms with Crippen LogP contribution in [-0.4, -0.2) is 36.2 Å². The Labute approximate surface area is 117 Å². The van der Waals surface area contributed by atoms with Gasteiger partial charge >= 0.3 is 0 Å². The van der Waals surface area contributed by atoms with Crippen LogP contribution in [0.5, 0.6) is 0 Å². The first-order valence-corrected chi connectivity index (χ1v) is 7.50. The summed E-state index contributed by atoms with van der Waals surface area (Å²) in [6.07, 6.45) is 3.51. The predicted octanol–water partition coefficient (Wildman–Crippen LogP) is 3.06. The maximum absolute atomic E-state index is 9.17. The molecule has 1 aromatic rings. The van der Waals surface area contributed by atoms with Crippen LogP contribution in [0.3, 0.4) is 0 Å². The van der Waals surface area contributed by atoms with Crippen molar-refractivity contribution in [2.75, 3.05) is 26.2 Å². The molecule has 0 aliphatic carbocycles. The molecule has 0 unspecified atom stereocenters. The van der Waals surface area contributed by atoms with Gasteiger partial charge in [0.15, 0.2) is 0 Å². The first-order valence-electron chi connectivity index (χ1n) is 7.50. The molecular formula is C17H27NO. The number of hydrogen-bond donors (Lipinski definition) is 1. The molecule has 2 heteroatoms. The van der Waals surface area contributed by atoms with Crippen LogP contribution in [-0.2, 0) is 5.41 Å². The zero-order valence-corrected chi connectivity index (χ0v) is 12.3. The van der Waals surface area contributed by atoms with Crippen molar-refractivity contribution in [3.8, 4) is 0 Å². The summed E-state index contributed by atoms with van der Waals surface area (Å²) in [6, 6.07) is 10.8. The molecule has 2 rings (SSSR count). The highest BCUT2D eigenvalue weighted by atomic mass is 16.3. The summed E-state index contributed by atoms with van der Waals surface area (Å²) in [7, 11) is 0. The van der Waals surface area contributed by atoms with Crippen molar-refractivity contribution in [3.63, 3.8) is 0 Å². The SMILES string of the molecule is CC(C)(CCN1CCC(CO)CC1)c1ccccc1. The van der Waals surface area contributed by atoms with Crippen LogP contribution in [0.15, 0.2) is 30.3 Å². The van der Waals surface area contributed by atoms with E-state index in [9.17, 15) is 0 Å². The Morgan fingerprint density at radius 1 is 1.16 bits per heavy atom. The molecule has 1 aliphatic rings. The van der Waals surface area contributed by atoms with E-state index in [1.165, 1.54) is 18.5 Å². The zero-order valence-electron chi connectivity index (χ0n) is 12.3. The fourth-order valence-electron chi connectivity index (χ4n) is 2.86. The molecule has 1 saturated heterocycles. The highest BCUT2D eigenvalue weighted by Gasteiger charge is 2.23. The summed E-state index contributed by atoms with van der Waals surface area (Å²) in [5.74, 6) is 0.540. The predicted molar refractivity (Wildman–Crippen MR) is 80.3 cm³/mol. The van der Waals surface area contributed by atoms with Gasteiger partial charge in [0.05, 0.1) is 0 Å². The fraction of sp³-hybridized carbons (Fsp3) is 0.647. The molecule has 19 heavy (non-hydrogen) atoms. The number of nitrogens with zero attached hydrogens (tertiary/aromatic N) is 1. The molecule has 1 aliphatic heterocycles. The van der Waals surface area contributed by atoms with Crippen molar-refractivity contribution in [1.29, 1.82) is 0 Å². The lowest BCUT2D eigenvalue weighted by Crippen LogP contribution is -2.37. The molecule has 2 nitrogen and oxygen atoms in total. The maximum atomic E-state index is 9.17. The minimum absolute atomic E-state index is 0.245. The van der Waals surface area contributed by atoms with E-state index in [1.54, 1.807) is 0 Å². The first kappa shape index (κ1) is 14.5. The minimum Gasteiger partial charge on any atom is -0.396 e. The van der Waals surface area contributed by atoms with Crippen molar-refractivity contribution in [3.05, 3.63) is 35.9 Å². The molecule has 1 fully saturated rings. The molecule has 0 amide bonds. The monoisotopic (exact) mass is 261 g/mol. The van der Waals surface area contributed by atoms with Crippen LogP contribution >= 0.6 is 0 Å². The highest BCUT2D eigenvalue weighted by molar-refractivity contribution is 5.23. The van der Waals surface area contributed by atoms with Gasteiger partial charge in [-0.1, -0.05) is 44.2 Å². The average molecular weight is 261 g/mol. The summed E-state index contributed by atoms with van der Waals surface area (Å²) in [4.78, 5) is 2.55. The molecule has 0 saturated carbocycles. The van der Waals surface area contributed by atoms with E-state index in [-0.39, 0.29) is 5.41 Å². The number of likely N-dealkylation sites (tertiary alicyclic amines) is 1. The third kappa shape index (κ3) is 4.05. The molecular weight excluding hydrogens is 234 g/mol. The van der Waals surface area contributed by atoms with Crippen LogP contribution in [0, 0.1) is 5.92 Å². The van der Waals surface area contributed by atoms with Gasteiger partial charge in [-0.3, -0.25) is 0 Å². The molecule has 106 valence electrons. The van der Waals surface area contributed by atoms with Gasteiger partial charge < -0.3 is 10.0 Å². The van der Waals surface area contributed by atoms with Gasteiger partial charge in [-0.15, -0.1) is 0 Å². The van der Waals surface area contributed by atoms with Gasteiger partial charge in [-0.2, -0.15) is 0 Å². The fourth-order valence-corrected chi connectivity index (χ4v) is 2.86. The summed E-state index contributed by atoms with van der Waals surface area (Å²) in [6.45, 7) is 8.50. The van der Waals surface area contributed by atoms with E-state index in [2.05, 4.69) is 49.1 Å². The van der Waals surface area contributed by atoms with E-state index >= 15 is 0 Å². The normalized spacial score (nSPS) is 18.7. The van der Waals surface area contributed by atoms with E-state index in [4.69, 9.17) is 5.11 Å². The number of rotatable bonds is 5. The first-order chi connectivity index (χ1) is 9.12. The van der Waals surface area contributed by atoms with Crippen molar-refractivity contribution in [1.82, 2.24) is 4.90 Å². The Morgan fingerprint density at radius 2 is 1.79 bits per heavy atom. The Hall–Kier alpha value is -0.860. The van der Waals surface area contributed by atoms with Gasteiger partial charge in [-0.05, 0) is 55.8 Å². The molecule has 0 aromatic heterocycles. The van der Waals surface area contributed by atoms with Gasteiger partial charge in [0.2, 0.25) is 0 Å². The van der Waals surface area contributed by atoms with Gasteiger partial charge in [-0.25, -0.2) is 0 Å². The minimum atomic E-state index is 0.245. The number of aliphatic hydroxyl groups is 1. The van der Waals surface area contributed by atoms with E-state index in [0.29, 0.717) is 12.5 Å². The second-order valence-electron chi connectivity index (χ2n) is 6.47. The summed E-state index contributed by atoms with van der Waals surface area (Å²) in [5, 5.41) is 9.17. The summed E-state index contributed by atoms with van der Waals surface area (Å²) in [5.41, 5.74) is 1.68. The second kappa shape index (κ2) is 6.53. The molecule has 1 N–H and O–H groups in total. The lowest BCUT2D eigenvalue weighted by atomic mass is 9.81. The maximum Gasteiger partial charge on any atom is 0.0460 e. The van der Waals surface area contributed by atoms with Crippen LogP contribution < -0.4 is 0 Å². The lowest BCUT2D eigenvalue weighted by molar-refractivity contribution is 0.126. The largest absolute Gasteiger partial charge is 0.396 e. The molecule has 1 aromatic carbocycles. The zero-order chi connectivity index (χ0) is 13.7. The Morgan fingerprint density at radius 3 is 2.37 bits per heavy atom. The van der Waals surface area contributed by atoms with Crippen LogP contribution in [0.2, 0.25) is 0 Å². The number of hydrogen-bond acceptors (Lipinski definition) is 2. The van der Waals surface area contributed by atoms with Crippen molar-refractivity contribution < 1.29 is 5.11 Å². The van der Waals surface area contributed by atoms with Crippen LogP contribution in [0.25, 0.3) is 0 Å². The van der Waals surface area contributed by atoms with Gasteiger partial charge in [0, 0.05) is 6.61 Å². The Bertz CT molecular complexity index is 366. The lowest BCUT2D eigenvalue weighted by Gasteiger charge is -2.34. The highest BCUT2D eigenvalue weighted by Crippen LogP contribution is 2.27. The van der Waals surface area contributed by atoms with Crippen LogP contribution in [0.1, 0.15) is 38.7 Å². The van der Waals surface area contributed by atoms with E-state index < -0.39 is 0 Å². The van der Waals surface area contributed by atoms with Crippen LogP contribution in [0.4, 0.5) is 0 Å². The van der Waals surface area contributed by atoms with E-state index in [0.717, 1.165) is 25.9 Å². The van der Waals surface area contributed by atoms with Gasteiger partial charge in [0.1, 0.15) is 0 Å². The Balaban J connectivity index is 1.82. The molecule has 0 bridgehead atoms. The quantitative estimate of drug-likeness (QED) is 0.880. The standard InChI is InChI=1S/C17H27NO/c1-17(2,16-6-4-3-5-7-16)10-13-18-11-8-15(14-19)9-12-18/h3-7,15,19H,8-14H2,1-2H3. The third-order valence-electron chi connectivity index (χ3n) is 4.57. The smallest absolute Gasteiger partial charge is 0.0460 e. The molecule has 0 spiro atoms. The molecule has 0 atom stereocenters. The Kier molecular flexibility index (Phi) is 5.00. The summed E-state index contributed by atoms with van der Waals surface area (Å²) < 4.78 is 0. The molecule has 0 radical (unpaired) electrons. The number of piperidine rings is 1. The molecule has 1 heterocycles. The van der Waals surface area contributed by atoms with Crippen molar-refractivity contribution >= 4 is 0 Å². The van der Waals surface area contributed by atoms with Crippen molar-refractivity contribution in [2.45, 2.75) is 38.5 Å². The third-order valence-corrected chi connectivity index (χ3v) is 4.57. The van der Waals surface area contributed by atoms with Crippen molar-refractivity contribution in [2.24, 2.45) is 5.92 Å². The average Bonchev–Trinajstić information content (AvgIpc) is 2.47.